The van der Waals surface area contributed by atoms with E-state index in [0.29, 0.717) is 10.8 Å². The molecule has 0 aromatic carbocycles. The van der Waals surface area contributed by atoms with Crippen molar-refractivity contribution in [2.24, 2.45) is 34.5 Å². The van der Waals surface area contributed by atoms with Gasteiger partial charge < -0.3 is 10.2 Å². The van der Waals surface area contributed by atoms with E-state index in [0.717, 1.165) is 49.4 Å². The van der Waals surface area contributed by atoms with Gasteiger partial charge in [0.25, 0.3) is 0 Å². The molecule has 8 atom stereocenters. The molecule has 4 aliphatic carbocycles. The SMILES string of the molecule is C[C@]12CC[C@@H]3[C@H](CC[C@@H]4C[C@H](O)CC[C@@]43C)[C@H]1C[C@@H](O)C2. The van der Waals surface area contributed by atoms with Crippen LogP contribution in [0.2, 0.25) is 0 Å². The summed E-state index contributed by atoms with van der Waals surface area (Å²) in [5, 5.41) is 20.3. The molecular formula is C19H32O2. The van der Waals surface area contributed by atoms with E-state index in [9.17, 15) is 10.2 Å². The second-order valence-electron chi connectivity index (χ2n) is 9.37. The molecule has 0 unspecified atom stereocenters. The fourth-order valence-electron chi connectivity index (χ4n) is 7.26. The molecule has 0 heterocycles. The van der Waals surface area contributed by atoms with Crippen molar-refractivity contribution in [3.63, 3.8) is 0 Å². The van der Waals surface area contributed by atoms with Crippen LogP contribution in [0.15, 0.2) is 0 Å². The fourth-order valence-corrected chi connectivity index (χ4v) is 7.26. The Morgan fingerprint density at radius 1 is 0.810 bits per heavy atom. The Balaban J connectivity index is 1.62. The van der Waals surface area contributed by atoms with Crippen molar-refractivity contribution >= 4 is 0 Å². The Hall–Kier alpha value is -0.0800. The minimum absolute atomic E-state index is 0.0400. The molecule has 120 valence electrons. The number of hydrogen-bond donors (Lipinski definition) is 2. The standard InChI is InChI=1S/C19H32O2/c1-18-7-6-16-15(17(18)10-14(21)11-18)4-3-12-9-13(20)5-8-19(12,16)2/h12-17,20-21H,3-11H2,1-2H3/t12-,13-,14-,15+,16-,17-,18-,19+/m1/s1. The molecular weight excluding hydrogens is 260 g/mol. The molecule has 4 aliphatic rings. The van der Waals surface area contributed by atoms with Gasteiger partial charge in [0.15, 0.2) is 0 Å². The third-order valence-corrected chi connectivity index (χ3v) is 8.38. The van der Waals surface area contributed by atoms with Crippen LogP contribution in [-0.2, 0) is 0 Å². The van der Waals surface area contributed by atoms with Gasteiger partial charge in [0.2, 0.25) is 0 Å². The molecule has 2 N–H and O–H groups in total. The van der Waals surface area contributed by atoms with Crippen LogP contribution in [0.25, 0.3) is 0 Å². The molecule has 4 fully saturated rings. The van der Waals surface area contributed by atoms with Crippen LogP contribution >= 0.6 is 0 Å². The van der Waals surface area contributed by atoms with Crippen LogP contribution in [0.5, 0.6) is 0 Å². The van der Waals surface area contributed by atoms with Gasteiger partial charge in [-0.25, -0.2) is 0 Å². The maximum Gasteiger partial charge on any atom is 0.0548 e. The molecule has 0 aliphatic heterocycles. The van der Waals surface area contributed by atoms with E-state index in [-0.39, 0.29) is 12.2 Å². The van der Waals surface area contributed by atoms with E-state index in [1.807, 2.05) is 0 Å². The van der Waals surface area contributed by atoms with Crippen molar-refractivity contribution in [1.82, 2.24) is 0 Å². The van der Waals surface area contributed by atoms with Crippen molar-refractivity contribution in [3.05, 3.63) is 0 Å². The number of rotatable bonds is 0. The maximum absolute atomic E-state index is 10.2. The number of hydrogen-bond acceptors (Lipinski definition) is 2. The molecule has 0 saturated heterocycles. The number of aliphatic hydroxyl groups is 2. The minimum Gasteiger partial charge on any atom is -0.393 e. The second kappa shape index (κ2) is 4.71. The topological polar surface area (TPSA) is 40.5 Å². The normalized spacial score (nSPS) is 60.0. The van der Waals surface area contributed by atoms with E-state index in [2.05, 4.69) is 13.8 Å². The summed E-state index contributed by atoms with van der Waals surface area (Å²) in [4.78, 5) is 0. The smallest absolute Gasteiger partial charge is 0.0548 e. The first-order valence-corrected chi connectivity index (χ1v) is 9.28. The molecule has 0 amide bonds. The van der Waals surface area contributed by atoms with Crippen LogP contribution in [0.4, 0.5) is 0 Å². The van der Waals surface area contributed by atoms with Crippen LogP contribution in [-0.4, -0.2) is 22.4 Å². The molecule has 4 rings (SSSR count). The maximum atomic E-state index is 10.2. The first-order chi connectivity index (χ1) is 9.92. The predicted molar refractivity (Wildman–Crippen MR) is 83.7 cm³/mol. The van der Waals surface area contributed by atoms with E-state index in [1.165, 1.54) is 32.1 Å². The number of aliphatic hydroxyl groups excluding tert-OH is 2. The van der Waals surface area contributed by atoms with Gasteiger partial charge in [-0.3, -0.25) is 0 Å². The zero-order valence-corrected chi connectivity index (χ0v) is 13.7. The van der Waals surface area contributed by atoms with Crippen molar-refractivity contribution < 1.29 is 10.2 Å². The Labute approximate surface area is 129 Å². The van der Waals surface area contributed by atoms with Crippen LogP contribution in [0, 0.1) is 34.5 Å². The Morgan fingerprint density at radius 3 is 2.43 bits per heavy atom. The van der Waals surface area contributed by atoms with Gasteiger partial charge in [0.05, 0.1) is 12.2 Å². The molecule has 0 bridgehead atoms. The Bertz CT molecular complexity index is 422. The van der Waals surface area contributed by atoms with Crippen LogP contribution < -0.4 is 0 Å². The molecule has 0 radical (unpaired) electrons. The van der Waals surface area contributed by atoms with E-state index < -0.39 is 0 Å². The van der Waals surface area contributed by atoms with Crippen LogP contribution in [0.1, 0.15) is 71.6 Å². The van der Waals surface area contributed by atoms with Crippen molar-refractivity contribution in [2.75, 3.05) is 0 Å². The summed E-state index contributed by atoms with van der Waals surface area (Å²) in [7, 11) is 0. The zero-order valence-electron chi connectivity index (χ0n) is 13.7. The molecule has 2 nitrogen and oxygen atoms in total. The van der Waals surface area contributed by atoms with Gasteiger partial charge >= 0.3 is 0 Å². The molecule has 0 aromatic rings. The highest BCUT2D eigenvalue weighted by atomic mass is 16.3. The van der Waals surface area contributed by atoms with Gasteiger partial charge in [0.1, 0.15) is 0 Å². The average molecular weight is 292 g/mol. The van der Waals surface area contributed by atoms with Crippen molar-refractivity contribution in [1.29, 1.82) is 0 Å². The first-order valence-electron chi connectivity index (χ1n) is 9.28. The predicted octanol–water partition coefficient (Wildman–Crippen LogP) is 3.75. The first kappa shape index (κ1) is 14.5. The molecule has 21 heavy (non-hydrogen) atoms. The van der Waals surface area contributed by atoms with Crippen molar-refractivity contribution in [2.45, 2.75) is 83.8 Å². The molecule has 4 saturated carbocycles. The van der Waals surface area contributed by atoms with E-state index in [4.69, 9.17) is 0 Å². The van der Waals surface area contributed by atoms with Gasteiger partial charge in [-0.15, -0.1) is 0 Å². The summed E-state index contributed by atoms with van der Waals surface area (Å²) >= 11 is 0. The summed E-state index contributed by atoms with van der Waals surface area (Å²) in [5.41, 5.74) is 0.884. The van der Waals surface area contributed by atoms with Crippen molar-refractivity contribution in [3.8, 4) is 0 Å². The minimum atomic E-state index is -0.0440. The quantitative estimate of drug-likeness (QED) is 0.714. The monoisotopic (exact) mass is 292 g/mol. The lowest BCUT2D eigenvalue weighted by Crippen LogP contribution is -2.53. The lowest BCUT2D eigenvalue weighted by atomic mass is 9.45. The lowest BCUT2D eigenvalue weighted by Gasteiger charge is -2.60. The summed E-state index contributed by atoms with van der Waals surface area (Å²) in [6, 6.07) is 0. The molecule has 2 heteroatoms. The molecule has 0 aromatic heterocycles. The number of fused-ring (bicyclic) bond motifs is 5. The summed E-state index contributed by atoms with van der Waals surface area (Å²) < 4.78 is 0. The highest BCUT2D eigenvalue weighted by Crippen LogP contribution is 2.66. The van der Waals surface area contributed by atoms with E-state index >= 15 is 0 Å². The average Bonchev–Trinajstić information content (AvgIpc) is 2.74. The van der Waals surface area contributed by atoms with Gasteiger partial charge in [-0.1, -0.05) is 13.8 Å². The summed E-state index contributed by atoms with van der Waals surface area (Å²) in [6.45, 7) is 4.98. The Morgan fingerprint density at radius 2 is 1.62 bits per heavy atom. The van der Waals surface area contributed by atoms with E-state index in [1.54, 1.807) is 0 Å². The van der Waals surface area contributed by atoms with Crippen LogP contribution in [0.3, 0.4) is 0 Å². The van der Waals surface area contributed by atoms with Gasteiger partial charge in [-0.2, -0.15) is 0 Å². The highest BCUT2D eigenvalue weighted by molar-refractivity contribution is 5.08. The largest absolute Gasteiger partial charge is 0.393 e. The van der Waals surface area contributed by atoms with Gasteiger partial charge in [0, 0.05) is 0 Å². The summed E-state index contributed by atoms with van der Waals surface area (Å²) in [6.07, 6.45) is 10.7. The lowest BCUT2D eigenvalue weighted by molar-refractivity contribution is -0.120. The molecule has 0 spiro atoms. The highest BCUT2D eigenvalue weighted by Gasteiger charge is 2.58. The summed E-state index contributed by atoms with van der Waals surface area (Å²) in [5.74, 6) is 3.21. The second-order valence-corrected chi connectivity index (χ2v) is 9.37. The zero-order chi connectivity index (χ0) is 14.8. The van der Waals surface area contributed by atoms with Gasteiger partial charge in [-0.05, 0) is 92.3 Å². The third kappa shape index (κ3) is 2.05. The fraction of sp³-hybridized carbons (Fsp3) is 1.00. The third-order valence-electron chi connectivity index (χ3n) is 8.38. The Kier molecular flexibility index (Phi) is 3.25.